The minimum Gasteiger partial charge on any atom is -0.467 e. The molecule has 1 aromatic carbocycles. The Morgan fingerprint density at radius 3 is 2.58 bits per heavy atom. The van der Waals surface area contributed by atoms with Crippen molar-refractivity contribution >= 4 is 5.91 Å². The molecule has 1 N–H and O–H groups in total. The molecule has 134 valence electrons. The molecule has 0 saturated heterocycles. The summed E-state index contributed by atoms with van der Waals surface area (Å²) in [7, 11) is 0. The van der Waals surface area contributed by atoms with E-state index in [0.717, 1.165) is 9.25 Å². The van der Waals surface area contributed by atoms with Gasteiger partial charge in [0, 0.05) is 6.54 Å². The first-order chi connectivity index (χ1) is 12.6. The first-order valence-electron chi connectivity index (χ1n) is 8.22. The number of hydrogen-bond donors (Lipinski definition) is 1. The van der Waals surface area contributed by atoms with Crippen LogP contribution in [-0.2, 0) is 13.1 Å². The molecule has 3 aromatic rings. The molecule has 26 heavy (non-hydrogen) atoms. The number of nitrogens with zero attached hydrogens (tertiary/aromatic N) is 3. The van der Waals surface area contributed by atoms with Crippen molar-refractivity contribution in [1.29, 1.82) is 0 Å². The molecule has 1 amide bonds. The third kappa shape index (κ3) is 3.49. The van der Waals surface area contributed by atoms with E-state index in [1.807, 2.05) is 6.92 Å². The molecule has 0 unspecified atom stereocenters. The van der Waals surface area contributed by atoms with Crippen LogP contribution in [0.1, 0.15) is 29.6 Å². The van der Waals surface area contributed by atoms with Gasteiger partial charge in [0.25, 0.3) is 11.5 Å². The quantitative estimate of drug-likeness (QED) is 0.720. The number of rotatable bonds is 6. The summed E-state index contributed by atoms with van der Waals surface area (Å²) < 4.78 is 7.25. The maximum atomic E-state index is 12.6. The molecule has 3 rings (SSSR count). The summed E-state index contributed by atoms with van der Waals surface area (Å²) in [6.45, 7) is 2.16. The van der Waals surface area contributed by atoms with E-state index in [9.17, 15) is 14.4 Å². The van der Waals surface area contributed by atoms with E-state index in [-0.39, 0.29) is 18.8 Å². The van der Waals surface area contributed by atoms with Crippen molar-refractivity contribution in [3.8, 4) is 5.69 Å². The highest BCUT2D eigenvalue weighted by atomic mass is 16.3. The molecule has 0 aliphatic carbocycles. The Hall–Kier alpha value is -3.42. The predicted octanol–water partition coefficient (Wildman–Crippen LogP) is 1.33. The van der Waals surface area contributed by atoms with Gasteiger partial charge in [-0.2, -0.15) is 9.78 Å². The molecule has 0 bridgehead atoms. The van der Waals surface area contributed by atoms with E-state index in [1.54, 1.807) is 42.5 Å². The molecule has 0 saturated carbocycles. The Balaban J connectivity index is 2.03. The van der Waals surface area contributed by atoms with Gasteiger partial charge in [-0.1, -0.05) is 25.1 Å². The van der Waals surface area contributed by atoms with Crippen molar-refractivity contribution in [3.63, 3.8) is 0 Å². The van der Waals surface area contributed by atoms with Gasteiger partial charge in [-0.3, -0.25) is 14.2 Å². The van der Waals surface area contributed by atoms with Crippen LogP contribution in [0.4, 0.5) is 0 Å². The van der Waals surface area contributed by atoms with Gasteiger partial charge in [-0.05, 0) is 30.7 Å². The largest absolute Gasteiger partial charge is 0.467 e. The van der Waals surface area contributed by atoms with Crippen molar-refractivity contribution in [2.24, 2.45) is 0 Å². The van der Waals surface area contributed by atoms with Gasteiger partial charge in [-0.15, -0.1) is 0 Å². The second-order valence-electron chi connectivity index (χ2n) is 5.60. The molecule has 2 aromatic heterocycles. The second-order valence-corrected chi connectivity index (χ2v) is 5.60. The molecule has 0 fully saturated rings. The number of para-hydroxylation sites is 1. The second kappa shape index (κ2) is 7.64. The van der Waals surface area contributed by atoms with E-state index in [0.29, 0.717) is 17.9 Å². The summed E-state index contributed by atoms with van der Waals surface area (Å²) >= 11 is 0. The zero-order valence-electron chi connectivity index (χ0n) is 14.2. The Bertz CT molecular complexity index is 1000. The van der Waals surface area contributed by atoms with E-state index in [4.69, 9.17) is 4.42 Å². The topological polar surface area (TPSA) is 99.1 Å². The van der Waals surface area contributed by atoms with Crippen molar-refractivity contribution in [1.82, 2.24) is 19.7 Å². The number of nitrogens with one attached hydrogen (secondary N) is 1. The Kier molecular flexibility index (Phi) is 5.12. The number of hydrogen-bond acceptors (Lipinski definition) is 5. The standard InChI is InChI=1S/C18H18N4O4/c1-2-10-21-17(24)15(16(23)19-12-14-9-6-11-26-14)20-22(18(21)25)13-7-4-3-5-8-13/h3-9,11H,2,10,12H2,1H3,(H,19,23). The van der Waals surface area contributed by atoms with E-state index in [2.05, 4.69) is 10.4 Å². The van der Waals surface area contributed by atoms with E-state index in [1.165, 1.54) is 6.26 Å². The van der Waals surface area contributed by atoms with E-state index < -0.39 is 17.2 Å². The minimum absolute atomic E-state index is 0.116. The maximum absolute atomic E-state index is 12.6. The molecule has 0 aliphatic rings. The SMILES string of the molecule is CCCn1c(=O)c(C(=O)NCc2ccco2)nn(-c2ccccc2)c1=O. The summed E-state index contributed by atoms with van der Waals surface area (Å²) in [5.41, 5.74) is -1.15. The summed E-state index contributed by atoms with van der Waals surface area (Å²) in [5.74, 6) is -0.121. The van der Waals surface area contributed by atoms with Crippen LogP contribution in [-0.4, -0.2) is 20.3 Å². The average molecular weight is 354 g/mol. The molecule has 0 spiro atoms. The molecular formula is C18H18N4O4. The van der Waals surface area contributed by atoms with Crippen LogP contribution in [0.3, 0.4) is 0 Å². The van der Waals surface area contributed by atoms with Crippen LogP contribution in [0.5, 0.6) is 0 Å². The highest BCUT2D eigenvalue weighted by molar-refractivity contribution is 5.91. The van der Waals surface area contributed by atoms with Gasteiger partial charge in [-0.25, -0.2) is 4.79 Å². The summed E-state index contributed by atoms with van der Waals surface area (Å²) in [6, 6.07) is 12.1. The van der Waals surface area contributed by atoms with Crippen LogP contribution in [0.25, 0.3) is 5.69 Å². The van der Waals surface area contributed by atoms with Gasteiger partial charge in [0.15, 0.2) is 0 Å². The highest BCUT2D eigenvalue weighted by Crippen LogP contribution is 2.03. The zero-order chi connectivity index (χ0) is 18.5. The monoisotopic (exact) mass is 354 g/mol. The third-order valence-corrected chi connectivity index (χ3v) is 3.73. The molecule has 0 aliphatic heterocycles. The minimum atomic E-state index is -0.707. The fraction of sp³-hybridized carbons (Fsp3) is 0.222. The predicted molar refractivity (Wildman–Crippen MR) is 94.3 cm³/mol. The smallest absolute Gasteiger partial charge is 0.352 e. The van der Waals surface area contributed by atoms with Crippen LogP contribution >= 0.6 is 0 Å². The van der Waals surface area contributed by atoms with Crippen LogP contribution in [0, 0.1) is 0 Å². The van der Waals surface area contributed by atoms with Gasteiger partial charge in [0.05, 0.1) is 18.5 Å². The lowest BCUT2D eigenvalue weighted by atomic mass is 10.3. The van der Waals surface area contributed by atoms with Gasteiger partial charge in [0.2, 0.25) is 5.69 Å². The van der Waals surface area contributed by atoms with Gasteiger partial charge >= 0.3 is 5.69 Å². The zero-order valence-corrected chi connectivity index (χ0v) is 14.2. The van der Waals surface area contributed by atoms with Crippen molar-refractivity contribution < 1.29 is 9.21 Å². The van der Waals surface area contributed by atoms with Crippen LogP contribution in [0.2, 0.25) is 0 Å². The normalized spacial score (nSPS) is 10.7. The molecule has 8 heteroatoms. The molecule has 0 atom stereocenters. The van der Waals surface area contributed by atoms with Crippen molar-refractivity contribution in [3.05, 3.63) is 81.0 Å². The fourth-order valence-corrected chi connectivity index (χ4v) is 2.48. The summed E-state index contributed by atoms with van der Waals surface area (Å²) in [6.07, 6.45) is 2.06. The van der Waals surface area contributed by atoms with Crippen molar-refractivity contribution in [2.75, 3.05) is 0 Å². The Morgan fingerprint density at radius 1 is 1.15 bits per heavy atom. The third-order valence-electron chi connectivity index (χ3n) is 3.73. The Labute approximate surface area is 148 Å². The number of benzene rings is 1. The lowest BCUT2D eigenvalue weighted by Crippen LogP contribution is -2.45. The molecule has 0 radical (unpaired) electrons. The molecule has 2 heterocycles. The summed E-state index contributed by atoms with van der Waals surface area (Å²) in [4.78, 5) is 37.7. The first kappa shape index (κ1) is 17.4. The lowest BCUT2D eigenvalue weighted by molar-refractivity contribution is 0.0938. The average Bonchev–Trinajstić information content (AvgIpc) is 3.18. The fourth-order valence-electron chi connectivity index (χ4n) is 2.48. The van der Waals surface area contributed by atoms with Crippen LogP contribution in [0.15, 0.2) is 62.7 Å². The number of amides is 1. The number of carbonyl (C=O) groups excluding carboxylic acids is 1. The van der Waals surface area contributed by atoms with Crippen molar-refractivity contribution in [2.45, 2.75) is 26.4 Å². The Morgan fingerprint density at radius 2 is 1.92 bits per heavy atom. The molecule has 8 nitrogen and oxygen atoms in total. The summed E-state index contributed by atoms with van der Waals surface area (Å²) in [5, 5.41) is 6.60. The molecular weight excluding hydrogens is 336 g/mol. The van der Waals surface area contributed by atoms with Gasteiger partial charge in [0.1, 0.15) is 5.76 Å². The highest BCUT2D eigenvalue weighted by Gasteiger charge is 2.20. The maximum Gasteiger partial charge on any atom is 0.352 e. The van der Waals surface area contributed by atoms with Crippen LogP contribution < -0.4 is 16.6 Å². The lowest BCUT2D eigenvalue weighted by Gasteiger charge is -2.11. The number of carbonyl (C=O) groups is 1. The van der Waals surface area contributed by atoms with Gasteiger partial charge < -0.3 is 9.73 Å². The number of furan rings is 1. The van der Waals surface area contributed by atoms with E-state index >= 15 is 0 Å². The number of aromatic nitrogens is 3. The first-order valence-corrected chi connectivity index (χ1v) is 8.22.